The Balaban J connectivity index is 1.53. The second-order valence-corrected chi connectivity index (χ2v) is 9.01. The summed E-state index contributed by atoms with van der Waals surface area (Å²) < 4.78 is 1.79. The van der Waals surface area contributed by atoms with Crippen molar-refractivity contribution in [3.63, 3.8) is 0 Å². The quantitative estimate of drug-likeness (QED) is 0.300. The number of nitrogens with zero attached hydrogens (tertiary/aromatic N) is 3. The molecule has 2 heterocycles. The zero-order valence-corrected chi connectivity index (χ0v) is 20.9. The lowest BCUT2D eigenvalue weighted by atomic mass is 10.1. The third kappa shape index (κ3) is 5.47. The number of hydrogen-bond donors (Lipinski definition) is 2. The van der Waals surface area contributed by atoms with Crippen LogP contribution in [-0.4, -0.2) is 26.6 Å². The molecular weight excluding hydrogens is 541 g/mol. The highest BCUT2D eigenvalue weighted by molar-refractivity contribution is 9.10. The highest BCUT2D eigenvalue weighted by Gasteiger charge is 2.20. The van der Waals surface area contributed by atoms with Gasteiger partial charge in [0.05, 0.1) is 22.2 Å². The van der Waals surface area contributed by atoms with Crippen LogP contribution >= 0.6 is 39.1 Å². The van der Waals surface area contributed by atoms with Gasteiger partial charge in [0.2, 0.25) is 5.91 Å². The van der Waals surface area contributed by atoms with Crippen molar-refractivity contribution in [3.8, 4) is 5.82 Å². The number of benzene rings is 2. The highest BCUT2D eigenvalue weighted by atomic mass is 79.9. The van der Waals surface area contributed by atoms with Crippen LogP contribution < -0.4 is 10.6 Å². The van der Waals surface area contributed by atoms with Gasteiger partial charge in [-0.2, -0.15) is 5.10 Å². The number of carbonyl (C=O) groups is 2. The van der Waals surface area contributed by atoms with Gasteiger partial charge in [0.1, 0.15) is 10.3 Å². The molecule has 0 unspecified atom stereocenters. The highest BCUT2D eigenvalue weighted by Crippen LogP contribution is 2.31. The number of halogens is 3. The largest absolute Gasteiger partial charge is 0.326 e. The first-order chi connectivity index (χ1) is 16.3. The second-order valence-electron chi connectivity index (χ2n) is 7.39. The number of nitrogens with one attached hydrogen (secondary N) is 2. The van der Waals surface area contributed by atoms with Crippen molar-refractivity contribution < 1.29 is 9.59 Å². The minimum absolute atomic E-state index is 0.167. The number of hydrogen-bond acceptors (Lipinski definition) is 4. The van der Waals surface area contributed by atoms with E-state index in [0.29, 0.717) is 32.4 Å². The summed E-state index contributed by atoms with van der Waals surface area (Å²) in [7, 11) is 0. The van der Waals surface area contributed by atoms with E-state index in [0.717, 1.165) is 5.56 Å². The fourth-order valence-corrected chi connectivity index (χ4v) is 4.24. The van der Waals surface area contributed by atoms with E-state index in [2.05, 4.69) is 36.6 Å². The topological polar surface area (TPSA) is 88.9 Å². The molecular formula is C24H18BrCl2N5O2. The van der Waals surface area contributed by atoms with Gasteiger partial charge in [-0.1, -0.05) is 53.5 Å². The van der Waals surface area contributed by atoms with Gasteiger partial charge in [-0.3, -0.25) is 9.59 Å². The van der Waals surface area contributed by atoms with Crippen molar-refractivity contribution in [2.75, 3.05) is 10.6 Å². The number of pyridine rings is 1. The summed E-state index contributed by atoms with van der Waals surface area (Å²) in [6.45, 7) is 1.79. The van der Waals surface area contributed by atoms with Gasteiger partial charge in [-0.25, -0.2) is 9.67 Å². The Kier molecular flexibility index (Phi) is 7.31. The van der Waals surface area contributed by atoms with Crippen LogP contribution in [-0.2, 0) is 11.2 Å². The molecule has 0 saturated carbocycles. The molecule has 0 aliphatic rings. The van der Waals surface area contributed by atoms with E-state index < -0.39 is 5.91 Å². The van der Waals surface area contributed by atoms with Gasteiger partial charge in [0.15, 0.2) is 5.82 Å². The normalized spacial score (nSPS) is 10.7. The zero-order valence-electron chi connectivity index (χ0n) is 17.8. The molecule has 4 aromatic rings. The van der Waals surface area contributed by atoms with Crippen LogP contribution in [0.4, 0.5) is 11.4 Å². The third-order valence-corrected chi connectivity index (χ3v) is 5.85. The monoisotopic (exact) mass is 557 g/mol. The maximum Gasteiger partial charge on any atom is 0.274 e. The fourth-order valence-electron chi connectivity index (χ4n) is 3.35. The molecule has 10 heteroatoms. The van der Waals surface area contributed by atoms with Crippen LogP contribution in [0, 0.1) is 6.92 Å². The van der Waals surface area contributed by atoms with Crippen LogP contribution in [0.5, 0.6) is 0 Å². The molecule has 0 aliphatic heterocycles. The molecule has 4 rings (SSSR count). The molecule has 0 aliphatic carbocycles. The van der Waals surface area contributed by atoms with Crippen molar-refractivity contribution >= 4 is 62.3 Å². The molecule has 0 atom stereocenters. The molecule has 2 aromatic heterocycles. The first kappa shape index (κ1) is 23.9. The predicted octanol–water partition coefficient (Wildman–Crippen LogP) is 6.08. The number of amides is 2. The van der Waals surface area contributed by atoms with Crippen molar-refractivity contribution in [3.05, 3.63) is 98.3 Å². The van der Waals surface area contributed by atoms with Gasteiger partial charge < -0.3 is 10.6 Å². The maximum atomic E-state index is 13.1. The lowest BCUT2D eigenvalue weighted by molar-refractivity contribution is -0.115. The Hall–Kier alpha value is -3.20. The summed E-state index contributed by atoms with van der Waals surface area (Å²) in [6.07, 6.45) is 1.80. The Bertz CT molecular complexity index is 1350. The van der Waals surface area contributed by atoms with E-state index in [1.54, 1.807) is 43.5 Å². The van der Waals surface area contributed by atoms with Crippen LogP contribution in [0.3, 0.4) is 0 Å². The lowest BCUT2D eigenvalue weighted by Gasteiger charge is -2.14. The number of carbonyl (C=O) groups excluding carboxylic acids is 2. The molecule has 0 bridgehead atoms. The Morgan fingerprint density at radius 2 is 1.76 bits per heavy atom. The average molecular weight is 559 g/mol. The molecule has 172 valence electrons. The van der Waals surface area contributed by atoms with Crippen molar-refractivity contribution in [2.24, 2.45) is 0 Å². The van der Waals surface area contributed by atoms with Gasteiger partial charge in [0, 0.05) is 18.0 Å². The molecule has 2 N–H and O–H groups in total. The smallest absolute Gasteiger partial charge is 0.274 e. The summed E-state index contributed by atoms with van der Waals surface area (Å²) in [5.74, 6) is -0.301. The van der Waals surface area contributed by atoms with E-state index in [1.807, 2.05) is 30.3 Å². The summed E-state index contributed by atoms with van der Waals surface area (Å²) in [4.78, 5) is 29.7. The molecule has 0 saturated heterocycles. The molecule has 7 nitrogen and oxygen atoms in total. The summed E-state index contributed by atoms with van der Waals surface area (Å²) >= 11 is 16.0. The Morgan fingerprint density at radius 3 is 2.47 bits per heavy atom. The third-order valence-electron chi connectivity index (χ3n) is 4.87. The van der Waals surface area contributed by atoms with Gasteiger partial charge in [-0.05, 0) is 58.2 Å². The summed E-state index contributed by atoms with van der Waals surface area (Å²) in [6, 6.07) is 17.7. The number of anilines is 2. The van der Waals surface area contributed by atoms with Crippen LogP contribution in [0.2, 0.25) is 10.0 Å². The van der Waals surface area contributed by atoms with E-state index >= 15 is 0 Å². The van der Waals surface area contributed by atoms with Crippen LogP contribution in [0.15, 0.2) is 71.5 Å². The first-order valence-corrected chi connectivity index (χ1v) is 11.7. The Labute approximate surface area is 214 Å². The van der Waals surface area contributed by atoms with Crippen molar-refractivity contribution in [1.29, 1.82) is 0 Å². The maximum absolute atomic E-state index is 13.1. The minimum atomic E-state index is -0.453. The molecule has 0 radical (unpaired) electrons. The van der Waals surface area contributed by atoms with Gasteiger partial charge in [0.25, 0.3) is 5.91 Å². The molecule has 0 fully saturated rings. The van der Waals surface area contributed by atoms with E-state index in [4.69, 9.17) is 23.2 Å². The molecule has 2 amide bonds. The number of aromatic nitrogens is 3. The van der Waals surface area contributed by atoms with Crippen LogP contribution in [0.1, 0.15) is 21.6 Å². The average Bonchev–Trinajstić information content (AvgIpc) is 3.18. The van der Waals surface area contributed by atoms with E-state index in [-0.39, 0.29) is 23.0 Å². The number of rotatable bonds is 6. The zero-order chi connectivity index (χ0) is 24.2. The van der Waals surface area contributed by atoms with E-state index in [9.17, 15) is 9.59 Å². The first-order valence-electron chi connectivity index (χ1n) is 10.1. The standard InChI is InChI=1S/C24H18BrCl2N5O2/c1-14-10-16(29-21(33)11-15-6-3-2-4-7-15)12-18(27)22(14)30-24(34)19-13-20(25)31-32(19)23-17(26)8-5-9-28-23/h2-10,12-13H,11H2,1H3,(H,29,33)(H,30,34). The predicted molar refractivity (Wildman–Crippen MR) is 137 cm³/mol. The minimum Gasteiger partial charge on any atom is -0.326 e. The van der Waals surface area contributed by atoms with Gasteiger partial charge >= 0.3 is 0 Å². The molecule has 34 heavy (non-hydrogen) atoms. The second kappa shape index (κ2) is 10.4. The van der Waals surface area contributed by atoms with E-state index in [1.165, 1.54) is 4.68 Å². The lowest BCUT2D eigenvalue weighted by Crippen LogP contribution is -2.19. The summed E-state index contributed by atoms with van der Waals surface area (Å²) in [5.41, 5.74) is 2.75. The Morgan fingerprint density at radius 1 is 1.00 bits per heavy atom. The van der Waals surface area contributed by atoms with Crippen LogP contribution in [0.25, 0.3) is 5.82 Å². The molecule has 2 aromatic carbocycles. The SMILES string of the molecule is Cc1cc(NC(=O)Cc2ccccc2)cc(Cl)c1NC(=O)c1cc(Br)nn1-c1ncccc1Cl. The fraction of sp³-hybridized carbons (Fsp3) is 0.0833. The molecule has 0 spiro atoms. The van der Waals surface area contributed by atoms with Crippen molar-refractivity contribution in [1.82, 2.24) is 14.8 Å². The van der Waals surface area contributed by atoms with Crippen molar-refractivity contribution in [2.45, 2.75) is 13.3 Å². The summed E-state index contributed by atoms with van der Waals surface area (Å²) in [5, 5.41) is 10.6. The van der Waals surface area contributed by atoms with Gasteiger partial charge in [-0.15, -0.1) is 0 Å². The number of aryl methyl sites for hydroxylation is 1.